The molecule has 0 fully saturated rings. The van der Waals surface area contributed by atoms with Crippen LogP contribution in [0, 0.1) is 5.92 Å². The summed E-state index contributed by atoms with van der Waals surface area (Å²) in [7, 11) is 1.32. The quantitative estimate of drug-likeness (QED) is 0.292. The Morgan fingerprint density at radius 2 is 1.88 bits per heavy atom. The van der Waals surface area contributed by atoms with Gasteiger partial charge in [0.05, 0.1) is 16.7 Å². The number of hydrogen-bond acceptors (Lipinski definition) is 7. The van der Waals surface area contributed by atoms with Gasteiger partial charge in [-0.3, -0.25) is 28.1 Å². The average Bonchev–Trinajstić information content (AvgIpc) is 2.76. The summed E-state index contributed by atoms with van der Waals surface area (Å²) in [5, 5.41) is 1.18. The van der Waals surface area contributed by atoms with Gasteiger partial charge in [-0.2, -0.15) is 0 Å². The molecule has 0 amide bonds. The largest absolute Gasteiger partial charge is 0.384 e. The van der Waals surface area contributed by atoms with E-state index in [1.165, 1.54) is 16.2 Å². The predicted molar refractivity (Wildman–Crippen MR) is 132 cm³/mol. The number of nitrogen functional groups attached to an aromatic ring is 1. The molecule has 0 saturated carbocycles. The molecule has 9 nitrogen and oxygen atoms in total. The summed E-state index contributed by atoms with van der Waals surface area (Å²) in [5.74, 6) is -0.703. The minimum Gasteiger partial charge on any atom is -0.384 e. The summed E-state index contributed by atoms with van der Waals surface area (Å²) >= 11 is 7.10. The lowest BCUT2D eigenvalue weighted by Crippen LogP contribution is -2.42. The third kappa shape index (κ3) is 4.91. The molecule has 3 rings (SSSR count). The maximum absolute atomic E-state index is 13.1. The van der Waals surface area contributed by atoms with Crippen LogP contribution in [-0.2, 0) is 20.1 Å². The van der Waals surface area contributed by atoms with Crippen molar-refractivity contribution in [2.45, 2.75) is 45.4 Å². The number of fused-ring (bicyclic) bond motifs is 1. The Labute approximate surface area is 199 Å². The number of aromatic nitrogens is 4. The Bertz CT molecular complexity index is 1410. The number of hydrogen-bond donors (Lipinski definition) is 1. The van der Waals surface area contributed by atoms with E-state index < -0.39 is 17.0 Å². The fourth-order valence-electron chi connectivity index (χ4n) is 3.50. The molecule has 0 bridgehead atoms. The van der Waals surface area contributed by atoms with Gasteiger partial charge in [-0.05, 0) is 30.5 Å². The number of carbonyl (C=O) groups is 1. The fourth-order valence-corrected chi connectivity index (χ4v) is 4.55. The lowest BCUT2D eigenvalue weighted by atomic mass is 10.2. The van der Waals surface area contributed by atoms with Crippen LogP contribution in [0.25, 0.3) is 10.9 Å². The van der Waals surface area contributed by atoms with Crippen LogP contribution in [0.15, 0.2) is 37.7 Å². The first-order chi connectivity index (χ1) is 15.6. The molecule has 176 valence electrons. The molecule has 0 aliphatic heterocycles. The third-order valence-corrected chi connectivity index (χ3v) is 6.28. The number of ketones is 1. The first kappa shape index (κ1) is 24.8. The molecule has 0 aliphatic carbocycles. The molecular weight excluding hydrogens is 466 g/mol. The van der Waals surface area contributed by atoms with Crippen LogP contribution in [0.4, 0.5) is 5.82 Å². The molecular formula is C22H26ClN5O4S. The molecule has 0 spiro atoms. The number of rotatable bonds is 8. The Morgan fingerprint density at radius 3 is 2.52 bits per heavy atom. The zero-order chi connectivity index (χ0) is 24.4. The molecule has 0 unspecified atom stereocenters. The van der Waals surface area contributed by atoms with Crippen molar-refractivity contribution < 1.29 is 4.79 Å². The maximum atomic E-state index is 13.1. The van der Waals surface area contributed by atoms with Gasteiger partial charge in [0, 0.05) is 25.2 Å². The van der Waals surface area contributed by atoms with Crippen LogP contribution in [0.2, 0.25) is 5.02 Å². The Kier molecular flexibility index (Phi) is 7.48. The minimum absolute atomic E-state index is 0.142. The molecule has 2 heterocycles. The van der Waals surface area contributed by atoms with Crippen molar-refractivity contribution in [1.29, 1.82) is 0 Å². The van der Waals surface area contributed by atoms with Gasteiger partial charge in [0.1, 0.15) is 11.4 Å². The van der Waals surface area contributed by atoms with Crippen molar-refractivity contribution in [2.75, 3.05) is 11.5 Å². The van der Waals surface area contributed by atoms with Gasteiger partial charge in [0.15, 0.2) is 10.9 Å². The monoisotopic (exact) mass is 491 g/mol. The Morgan fingerprint density at radius 1 is 1.18 bits per heavy atom. The van der Waals surface area contributed by atoms with Gasteiger partial charge < -0.3 is 5.73 Å². The Hall–Kier alpha value is -2.85. The third-order valence-electron chi connectivity index (χ3n) is 5.07. The SMILES string of the molecule is CCCn1c(N)c(C(=O)CSc2nc3ccc(Cl)cc3c(=O)n2CC(C)C)c(=O)n(C)c1=O. The molecule has 2 aromatic heterocycles. The molecule has 0 atom stereocenters. The Balaban J connectivity index is 2.04. The van der Waals surface area contributed by atoms with Crippen molar-refractivity contribution in [3.63, 3.8) is 0 Å². The second kappa shape index (κ2) is 9.96. The highest BCUT2D eigenvalue weighted by Crippen LogP contribution is 2.22. The topological polar surface area (TPSA) is 122 Å². The maximum Gasteiger partial charge on any atom is 0.332 e. The normalized spacial score (nSPS) is 11.5. The minimum atomic E-state index is -0.740. The first-order valence-electron chi connectivity index (χ1n) is 10.5. The molecule has 3 aromatic rings. The summed E-state index contributed by atoms with van der Waals surface area (Å²) in [4.78, 5) is 55.7. The summed E-state index contributed by atoms with van der Waals surface area (Å²) in [6.07, 6.45) is 0.608. The molecule has 11 heteroatoms. The second-order valence-electron chi connectivity index (χ2n) is 8.14. The van der Waals surface area contributed by atoms with Gasteiger partial charge in [0.2, 0.25) is 0 Å². The molecule has 0 aliphatic rings. The van der Waals surface area contributed by atoms with Gasteiger partial charge >= 0.3 is 5.69 Å². The van der Waals surface area contributed by atoms with Gasteiger partial charge in [-0.25, -0.2) is 9.78 Å². The van der Waals surface area contributed by atoms with Crippen molar-refractivity contribution in [2.24, 2.45) is 13.0 Å². The first-order valence-corrected chi connectivity index (χ1v) is 11.9. The average molecular weight is 492 g/mol. The number of nitrogens with two attached hydrogens (primary N) is 1. The van der Waals surface area contributed by atoms with Crippen LogP contribution in [0.5, 0.6) is 0 Å². The number of benzene rings is 1. The van der Waals surface area contributed by atoms with Crippen molar-refractivity contribution in [3.05, 3.63) is 60.0 Å². The smallest absolute Gasteiger partial charge is 0.332 e. The van der Waals surface area contributed by atoms with E-state index in [1.807, 2.05) is 20.8 Å². The number of thioether (sulfide) groups is 1. The van der Waals surface area contributed by atoms with Crippen LogP contribution in [-0.4, -0.2) is 30.2 Å². The highest BCUT2D eigenvalue weighted by Gasteiger charge is 2.22. The standard InChI is InChI=1S/C22H26ClN5O4S/c1-5-8-27-18(24)17(20(31)26(4)22(27)32)16(29)11-33-21-25-15-7-6-13(23)9-14(15)19(30)28(21)10-12(2)3/h6-7,9,12H,5,8,10-11,24H2,1-4H3. The molecule has 33 heavy (non-hydrogen) atoms. The van der Waals surface area contributed by atoms with Gasteiger partial charge in [0.25, 0.3) is 11.1 Å². The van der Waals surface area contributed by atoms with Crippen molar-refractivity contribution in [1.82, 2.24) is 18.7 Å². The fraction of sp³-hybridized carbons (Fsp3) is 0.409. The van der Waals surface area contributed by atoms with Crippen LogP contribution < -0.4 is 22.5 Å². The van der Waals surface area contributed by atoms with Crippen LogP contribution in [0.3, 0.4) is 0 Å². The highest BCUT2D eigenvalue weighted by atomic mass is 35.5. The van der Waals surface area contributed by atoms with E-state index >= 15 is 0 Å². The number of nitrogens with zero attached hydrogens (tertiary/aromatic N) is 4. The summed E-state index contributed by atoms with van der Waals surface area (Å²) in [5.41, 5.74) is 4.73. The van der Waals surface area contributed by atoms with Crippen molar-refractivity contribution in [3.8, 4) is 0 Å². The summed E-state index contributed by atoms with van der Waals surface area (Å²) in [6.45, 7) is 6.48. The number of carbonyl (C=O) groups excluding carboxylic acids is 1. The molecule has 1 aromatic carbocycles. The second-order valence-corrected chi connectivity index (χ2v) is 9.51. The van der Waals surface area contributed by atoms with Crippen molar-refractivity contribution >= 4 is 45.9 Å². The van der Waals surface area contributed by atoms with E-state index in [9.17, 15) is 19.2 Å². The number of halogens is 1. The molecule has 0 saturated heterocycles. The van der Waals surface area contributed by atoms with E-state index in [1.54, 1.807) is 18.2 Å². The zero-order valence-corrected chi connectivity index (χ0v) is 20.5. The van der Waals surface area contributed by atoms with Gasteiger partial charge in [-0.15, -0.1) is 0 Å². The lowest BCUT2D eigenvalue weighted by Gasteiger charge is -2.16. The lowest BCUT2D eigenvalue weighted by molar-refractivity contribution is 0.102. The van der Waals surface area contributed by atoms with E-state index in [4.69, 9.17) is 17.3 Å². The number of Topliss-reactive ketones (excluding diaryl/α,β-unsaturated/α-hetero) is 1. The van der Waals surface area contributed by atoms with E-state index in [-0.39, 0.29) is 35.2 Å². The van der Waals surface area contributed by atoms with Crippen LogP contribution >= 0.6 is 23.4 Å². The molecule has 0 radical (unpaired) electrons. The van der Waals surface area contributed by atoms with E-state index in [0.717, 1.165) is 16.3 Å². The summed E-state index contributed by atoms with van der Waals surface area (Å²) in [6, 6.07) is 4.87. The van der Waals surface area contributed by atoms with E-state index in [0.29, 0.717) is 34.0 Å². The van der Waals surface area contributed by atoms with Gasteiger partial charge in [-0.1, -0.05) is 44.1 Å². The highest BCUT2D eigenvalue weighted by molar-refractivity contribution is 7.99. The van der Waals surface area contributed by atoms with E-state index in [2.05, 4.69) is 4.98 Å². The van der Waals surface area contributed by atoms with Crippen LogP contribution in [0.1, 0.15) is 37.6 Å². The zero-order valence-electron chi connectivity index (χ0n) is 18.9. The molecule has 2 N–H and O–H groups in total. The predicted octanol–water partition coefficient (Wildman–Crippen LogP) is 2.53. The number of anilines is 1. The summed E-state index contributed by atoms with van der Waals surface area (Å²) < 4.78 is 3.63.